The van der Waals surface area contributed by atoms with E-state index in [0.29, 0.717) is 0 Å². The summed E-state index contributed by atoms with van der Waals surface area (Å²) in [5, 5.41) is 8.56. The van der Waals surface area contributed by atoms with Gasteiger partial charge in [0, 0.05) is 6.92 Å². The predicted octanol–water partition coefficient (Wildman–Crippen LogP) is 1.17. The summed E-state index contributed by atoms with van der Waals surface area (Å²) in [6, 6.07) is 0. The van der Waals surface area contributed by atoms with Gasteiger partial charge >= 0.3 is 11.9 Å². The number of hydrogen-bond donors (Lipinski definition) is 1. The van der Waals surface area contributed by atoms with E-state index in [-0.39, 0.29) is 5.76 Å². The number of hydrogen-bond acceptors (Lipinski definition) is 3. The predicted molar refractivity (Wildman–Crippen MR) is 42.3 cm³/mol. The number of ether oxygens (including phenoxy) is 1. The van der Waals surface area contributed by atoms with E-state index < -0.39 is 17.9 Å². The number of esters is 1. The highest BCUT2D eigenvalue weighted by atomic mass is 16.5. The van der Waals surface area contributed by atoms with Crippen molar-refractivity contribution < 1.29 is 19.4 Å². The second-order valence-corrected chi connectivity index (χ2v) is 2.34. The van der Waals surface area contributed by atoms with Crippen molar-refractivity contribution in [2.75, 3.05) is 0 Å². The zero-order chi connectivity index (χ0) is 9.72. The molecule has 4 nitrogen and oxygen atoms in total. The molecule has 0 aromatic rings. The minimum atomic E-state index is -1.01. The second-order valence-electron chi connectivity index (χ2n) is 2.34. The lowest BCUT2D eigenvalue weighted by Gasteiger charge is -2.09. The van der Waals surface area contributed by atoms with Crippen LogP contribution in [0.4, 0.5) is 0 Å². The lowest BCUT2D eigenvalue weighted by atomic mass is 10.1. The largest absolute Gasteiger partial charge is 0.481 e. The third-order valence-corrected chi connectivity index (χ3v) is 1.34. The van der Waals surface area contributed by atoms with Gasteiger partial charge in [-0.2, -0.15) is 0 Å². The molecule has 1 atom stereocenters. The third kappa shape index (κ3) is 3.18. The van der Waals surface area contributed by atoms with E-state index in [1.165, 1.54) is 19.9 Å². The Hall–Kier alpha value is -1.32. The van der Waals surface area contributed by atoms with Crippen LogP contribution >= 0.6 is 0 Å². The molecule has 68 valence electrons. The lowest BCUT2D eigenvalue weighted by molar-refractivity contribution is -0.143. The summed E-state index contributed by atoms with van der Waals surface area (Å²) < 4.78 is 4.66. The van der Waals surface area contributed by atoms with Crippen LogP contribution in [0, 0.1) is 5.92 Å². The fraction of sp³-hybridized carbons (Fsp3) is 0.500. The van der Waals surface area contributed by atoms with Crippen molar-refractivity contribution in [3.8, 4) is 0 Å². The number of carbonyl (C=O) groups excluding carboxylic acids is 1. The average molecular weight is 172 g/mol. The van der Waals surface area contributed by atoms with Gasteiger partial charge in [0.2, 0.25) is 0 Å². The number of rotatable bonds is 3. The van der Waals surface area contributed by atoms with Crippen LogP contribution in [0.15, 0.2) is 11.8 Å². The molecule has 0 aliphatic heterocycles. The summed E-state index contributed by atoms with van der Waals surface area (Å²) in [6.07, 6.45) is 1.47. The molecule has 1 unspecified atom stereocenters. The van der Waals surface area contributed by atoms with E-state index in [9.17, 15) is 9.59 Å². The molecule has 0 bridgehead atoms. The number of carboxylic acid groups (broad SMARTS) is 1. The molecule has 0 amide bonds. The van der Waals surface area contributed by atoms with Crippen molar-refractivity contribution in [1.29, 1.82) is 0 Å². The zero-order valence-corrected chi connectivity index (χ0v) is 7.33. The Morgan fingerprint density at radius 3 is 2.25 bits per heavy atom. The van der Waals surface area contributed by atoms with E-state index >= 15 is 0 Å². The Bertz CT molecular complexity index is 217. The summed E-state index contributed by atoms with van der Waals surface area (Å²) >= 11 is 0. The van der Waals surface area contributed by atoms with E-state index in [4.69, 9.17) is 5.11 Å². The molecular formula is C8H12O4. The Kier molecular flexibility index (Phi) is 4.04. The summed E-state index contributed by atoms with van der Waals surface area (Å²) in [5.41, 5.74) is 0. The highest BCUT2D eigenvalue weighted by Gasteiger charge is 2.18. The molecule has 1 N–H and O–H groups in total. The molecule has 0 aliphatic carbocycles. The molecule has 0 aromatic heterocycles. The maximum Gasteiger partial charge on any atom is 0.313 e. The summed E-state index contributed by atoms with van der Waals surface area (Å²) in [5.74, 6) is -2.12. The van der Waals surface area contributed by atoms with Gasteiger partial charge < -0.3 is 9.84 Å². The molecule has 12 heavy (non-hydrogen) atoms. The van der Waals surface area contributed by atoms with Crippen LogP contribution in [-0.2, 0) is 14.3 Å². The molecule has 0 heterocycles. The molecule has 0 aliphatic rings. The fourth-order valence-electron chi connectivity index (χ4n) is 0.685. The molecule has 0 saturated heterocycles. The smallest absolute Gasteiger partial charge is 0.313 e. The van der Waals surface area contributed by atoms with Crippen LogP contribution in [0.2, 0.25) is 0 Å². The van der Waals surface area contributed by atoms with E-state index in [2.05, 4.69) is 4.74 Å². The van der Waals surface area contributed by atoms with Gasteiger partial charge in [-0.15, -0.1) is 0 Å². The number of allylic oxidation sites excluding steroid dienone is 1. The molecule has 0 saturated carbocycles. The maximum atomic E-state index is 10.5. The standard InChI is InChI=1S/C8H12O4/c1-4-7(12-6(3)9)5(2)8(10)11/h4-5H,1-3H3,(H,10,11)/b7-4-. The normalized spacial score (nSPS) is 13.8. The Balaban J connectivity index is 4.37. The second kappa shape index (κ2) is 4.54. The lowest BCUT2D eigenvalue weighted by Crippen LogP contribution is -2.15. The molecule has 0 fully saturated rings. The summed E-state index contributed by atoms with van der Waals surface area (Å²) in [7, 11) is 0. The quantitative estimate of drug-likeness (QED) is 0.512. The van der Waals surface area contributed by atoms with Crippen molar-refractivity contribution in [3.63, 3.8) is 0 Å². The van der Waals surface area contributed by atoms with Crippen molar-refractivity contribution in [2.24, 2.45) is 5.92 Å². The molecular weight excluding hydrogens is 160 g/mol. The minimum Gasteiger partial charge on any atom is -0.481 e. The maximum absolute atomic E-state index is 10.5. The average Bonchev–Trinajstić information content (AvgIpc) is 1.98. The zero-order valence-electron chi connectivity index (χ0n) is 7.33. The number of carboxylic acids is 1. The minimum absolute atomic E-state index is 0.176. The molecule has 4 heteroatoms. The topological polar surface area (TPSA) is 63.6 Å². The summed E-state index contributed by atoms with van der Waals surface area (Å²) in [6.45, 7) is 4.32. The van der Waals surface area contributed by atoms with E-state index in [1.54, 1.807) is 6.92 Å². The molecule has 0 aromatic carbocycles. The monoisotopic (exact) mass is 172 g/mol. The number of carbonyl (C=O) groups is 2. The van der Waals surface area contributed by atoms with Crippen LogP contribution in [0.1, 0.15) is 20.8 Å². The molecule has 0 radical (unpaired) electrons. The van der Waals surface area contributed by atoms with Crippen LogP contribution < -0.4 is 0 Å². The van der Waals surface area contributed by atoms with E-state index in [1.807, 2.05) is 0 Å². The van der Waals surface area contributed by atoms with E-state index in [0.717, 1.165) is 0 Å². The van der Waals surface area contributed by atoms with Crippen molar-refractivity contribution in [2.45, 2.75) is 20.8 Å². The highest BCUT2D eigenvalue weighted by Crippen LogP contribution is 2.11. The number of aliphatic carboxylic acids is 1. The SMILES string of the molecule is C/C=C(\OC(C)=O)C(C)C(=O)O. The Morgan fingerprint density at radius 1 is 1.50 bits per heavy atom. The van der Waals surface area contributed by atoms with Gasteiger partial charge in [0.15, 0.2) is 0 Å². The van der Waals surface area contributed by atoms with Gasteiger partial charge in [-0.1, -0.05) is 0 Å². The van der Waals surface area contributed by atoms with Crippen LogP contribution in [-0.4, -0.2) is 17.0 Å². The molecule has 0 rings (SSSR count). The first-order valence-corrected chi connectivity index (χ1v) is 3.56. The van der Waals surface area contributed by atoms with Gasteiger partial charge in [-0.25, -0.2) is 0 Å². The first-order chi connectivity index (χ1) is 5.49. The highest BCUT2D eigenvalue weighted by molar-refractivity contribution is 5.74. The van der Waals surface area contributed by atoms with Crippen molar-refractivity contribution in [3.05, 3.63) is 11.8 Å². The van der Waals surface area contributed by atoms with Gasteiger partial charge in [-0.3, -0.25) is 9.59 Å². The van der Waals surface area contributed by atoms with Gasteiger partial charge in [0.25, 0.3) is 0 Å². The first kappa shape index (κ1) is 10.7. The third-order valence-electron chi connectivity index (χ3n) is 1.34. The van der Waals surface area contributed by atoms with Gasteiger partial charge in [0.1, 0.15) is 11.7 Å². The van der Waals surface area contributed by atoms with Crippen molar-refractivity contribution in [1.82, 2.24) is 0 Å². The van der Waals surface area contributed by atoms with Gasteiger partial charge in [-0.05, 0) is 19.9 Å². The summed E-state index contributed by atoms with van der Waals surface area (Å²) in [4.78, 5) is 20.9. The Morgan fingerprint density at radius 2 is 2.00 bits per heavy atom. The first-order valence-electron chi connectivity index (χ1n) is 3.56. The van der Waals surface area contributed by atoms with Crippen LogP contribution in [0.3, 0.4) is 0 Å². The molecule has 0 spiro atoms. The van der Waals surface area contributed by atoms with Crippen molar-refractivity contribution >= 4 is 11.9 Å². The van der Waals surface area contributed by atoms with Gasteiger partial charge in [0.05, 0.1) is 0 Å². The fourth-order valence-corrected chi connectivity index (χ4v) is 0.685. The van der Waals surface area contributed by atoms with Crippen LogP contribution in [0.5, 0.6) is 0 Å². The van der Waals surface area contributed by atoms with Crippen LogP contribution in [0.25, 0.3) is 0 Å². The Labute approximate surface area is 70.8 Å².